The number of hydrogen-bond donors (Lipinski definition) is 1. The van der Waals surface area contributed by atoms with Gasteiger partial charge in [0, 0.05) is 39.3 Å². The topological polar surface area (TPSA) is 63.2 Å². The van der Waals surface area contributed by atoms with Crippen molar-refractivity contribution < 1.29 is 14.4 Å². The van der Waals surface area contributed by atoms with Gasteiger partial charge in [-0.15, -0.1) is 0 Å². The predicted octanol–water partition coefficient (Wildman–Crippen LogP) is 7.74. The summed E-state index contributed by atoms with van der Waals surface area (Å²) in [6.07, 6.45) is 3.48. The Morgan fingerprint density at radius 1 is 0.771 bits per heavy atom. The molecule has 1 N–H and O–H groups in total. The van der Waals surface area contributed by atoms with E-state index in [1.54, 1.807) is 24.3 Å². The summed E-state index contributed by atoms with van der Waals surface area (Å²) in [4.78, 5) is 37.4. The summed E-state index contributed by atoms with van der Waals surface area (Å²) < 4.78 is 0. The summed E-state index contributed by atoms with van der Waals surface area (Å²) in [5.41, 5.74) is 2.05. The minimum atomic E-state index is -0.0548. The van der Waals surface area contributed by atoms with Gasteiger partial charge < -0.3 is 5.32 Å². The summed E-state index contributed by atoms with van der Waals surface area (Å²) in [5.74, 6) is 0.587. The fraction of sp³-hybridized carbons (Fsp3) is 0.250. The molecule has 0 spiro atoms. The van der Waals surface area contributed by atoms with Crippen LogP contribution >= 0.6 is 35.1 Å². The molecule has 1 amide bonds. The van der Waals surface area contributed by atoms with Gasteiger partial charge in [0.15, 0.2) is 0 Å². The van der Waals surface area contributed by atoms with E-state index in [4.69, 9.17) is 11.6 Å². The quantitative estimate of drug-likeness (QED) is 0.245. The average Bonchev–Trinajstić information content (AvgIpc) is 2.87. The number of rotatable bonds is 12. The highest BCUT2D eigenvalue weighted by Gasteiger charge is 2.17. The second-order valence-electron chi connectivity index (χ2n) is 7.99. The first kappa shape index (κ1) is 27.1. The van der Waals surface area contributed by atoms with Crippen LogP contribution in [0.15, 0.2) is 84.9 Å². The van der Waals surface area contributed by atoms with E-state index in [-0.39, 0.29) is 21.4 Å². The van der Waals surface area contributed by atoms with E-state index in [9.17, 15) is 14.4 Å². The normalized spacial score (nSPS) is 11.6. The van der Waals surface area contributed by atoms with Gasteiger partial charge in [-0.3, -0.25) is 14.4 Å². The van der Waals surface area contributed by atoms with Gasteiger partial charge in [0.2, 0.25) is 16.1 Å². The number of benzene rings is 3. The van der Waals surface area contributed by atoms with Crippen molar-refractivity contribution in [3.8, 4) is 0 Å². The van der Waals surface area contributed by atoms with Gasteiger partial charge in [0.1, 0.15) is 0 Å². The lowest BCUT2D eigenvalue weighted by Gasteiger charge is -2.15. The molecule has 35 heavy (non-hydrogen) atoms. The third-order valence-corrected chi connectivity index (χ3v) is 7.68. The fourth-order valence-electron chi connectivity index (χ4n) is 3.44. The van der Waals surface area contributed by atoms with Gasteiger partial charge in [-0.05, 0) is 37.5 Å². The van der Waals surface area contributed by atoms with Gasteiger partial charge in [0.05, 0.1) is 0 Å². The van der Waals surface area contributed by atoms with Gasteiger partial charge in [-0.25, -0.2) is 0 Å². The summed E-state index contributed by atoms with van der Waals surface area (Å²) in [6.45, 7) is 0. The van der Waals surface area contributed by atoms with Crippen LogP contribution in [0.1, 0.15) is 52.8 Å². The van der Waals surface area contributed by atoms with Gasteiger partial charge in [-0.1, -0.05) is 108 Å². The van der Waals surface area contributed by atoms with E-state index >= 15 is 0 Å². The smallest absolute Gasteiger partial charge is 0.224 e. The number of anilines is 1. The van der Waals surface area contributed by atoms with Crippen molar-refractivity contribution in [2.45, 2.75) is 37.4 Å². The monoisotopic (exact) mass is 525 g/mol. The van der Waals surface area contributed by atoms with E-state index in [0.29, 0.717) is 34.0 Å². The summed E-state index contributed by atoms with van der Waals surface area (Å²) in [6, 6.07) is 25.5. The van der Waals surface area contributed by atoms with Crippen LogP contribution in [0, 0.1) is 0 Å². The Hall–Kier alpha value is -2.54. The van der Waals surface area contributed by atoms with Gasteiger partial charge in [0.25, 0.3) is 0 Å². The summed E-state index contributed by atoms with van der Waals surface area (Å²) in [5, 5.41) is 3.60. The predicted molar refractivity (Wildman–Crippen MR) is 149 cm³/mol. The number of halogens is 1. The third-order valence-electron chi connectivity index (χ3n) is 5.25. The molecule has 0 saturated heterocycles. The van der Waals surface area contributed by atoms with E-state index in [1.165, 1.54) is 23.5 Å². The molecule has 0 radical (unpaired) electrons. The van der Waals surface area contributed by atoms with Gasteiger partial charge in [-0.2, -0.15) is 0 Å². The van der Waals surface area contributed by atoms with Crippen LogP contribution in [0.5, 0.6) is 0 Å². The van der Waals surface area contributed by atoms with Crippen molar-refractivity contribution in [1.29, 1.82) is 0 Å². The van der Waals surface area contributed by atoms with Crippen LogP contribution in [0.3, 0.4) is 0 Å². The number of carbonyl (C=O) groups is 3. The molecule has 1 atom stereocenters. The first-order chi connectivity index (χ1) is 17.0. The van der Waals surface area contributed by atoms with Gasteiger partial charge >= 0.3 is 0 Å². The molecule has 3 rings (SSSR count). The van der Waals surface area contributed by atoms with Crippen LogP contribution < -0.4 is 5.32 Å². The van der Waals surface area contributed by atoms with E-state index < -0.39 is 0 Å². The molecule has 0 fully saturated rings. The fourth-order valence-corrected chi connectivity index (χ4v) is 5.77. The molecule has 4 nitrogen and oxygen atoms in total. The SMILES string of the molecule is O=C(CCCCC(CCSC(=O)c1ccccc1)SC(=O)c1ccccc1)Nc1cccc(Cl)c1. The molecule has 0 aromatic heterocycles. The minimum Gasteiger partial charge on any atom is -0.326 e. The molecule has 0 aliphatic carbocycles. The minimum absolute atomic E-state index is 0.0358. The Bertz CT molecular complexity index is 1110. The lowest BCUT2D eigenvalue weighted by molar-refractivity contribution is -0.116. The molecule has 7 heteroatoms. The molecular weight excluding hydrogens is 498 g/mol. The molecule has 0 aliphatic heterocycles. The second kappa shape index (κ2) is 14.8. The molecule has 0 bridgehead atoms. The zero-order valence-corrected chi connectivity index (χ0v) is 21.7. The standard InChI is InChI=1S/C28H28ClNO3S2/c29-23-14-9-15-24(20-23)30-26(31)17-8-7-16-25(35-28(33)22-12-5-2-6-13-22)18-19-34-27(32)21-10-3-1-4-11-21/h1-6,9-15,20,25H,7-8,16-19H2,(H,30,31). The van der Waals surface area contributed by atoms with Crippen LogP contribution in [-0.4, -0.2) is 27.1 Å². The van der Waals surface area contributed by atoms with Crippen LogP contribution in [0.4, 0.5) is 5.69 Å². The largest absolute Gasteiger partial charge is 0.326 e. The highest BCUT2D eigenvalue weighted by atomic mass is 35.5. The maximum absolute atomic E-state index is 12.8. The average molecular weight is 526 g/mol. The van der Waals surface area contributed by atoms with Crippen molar-refractivity contribution in [2.24, 2.45) is 0 Å². The summed E-state index contributed by atoms with van der Waals surface area (Å²) >= 11 is 8.59. The van der Waals surface area contributed by atoms with Crippen LogP contribution in [0.25, 0.3) is 0 Å². The van der Waals surface area contributed by atoms with Crippen molar-refractivity contribution >= 4 is 56.9 Å². The zero-order valence-electron chi connectivity index (χ0n) is 19.3. The highest BCUT2D eigenvalue weighted by Crippen LogP contribution is 2.27. The number of thioether (sulfide) groups is 2. The van der Waals surface area contributed by atoms with Crippen molar-refractivity contribution in [3.05, 3.63) is 101 Å². The zero-order chi connectivity index (χ0) is 24.9. The molecule has 1 unspecified atom stereocenters. The molecule has 182 valence electrons. The molecule has 0 heterocycles. The number of amides is 1. The lowest BCUT2D eigenvalue weighted by atomic mass is 10.1. The molecule has 0 aliphatic rings. The number of hydrogen-bond acceptors (Lipinski definition) is 5. The maximum Gasteiger partial charge on any atom is 0.224 e. The van der Waals surface area contributed by atoms with E-state index in [0.717, 1.165) is 25.7 Å². The Kier molecular flexibility index (Phi) is 11.4. The lowest BCUT2D eigenvalue weighted by Crippen LogP contribution is -2.12. The van der Waals surface area contributed by atoms with Crippen molar-refractivity contribution in [2.75, 3.05) is 11.1 Å². The van der Waals surface area contributed by atoms with Crippen molar-refractivity contribution in [1.82, 2.24) is 0 Å². The Morgan fingerprint density at radius 2 is 1.43 bits per heavy atom. The Labute approximate surface area is 220 Å². The molecule has 3 aromatic rings. The van der Waals surface area contributed by atoms with E-state index in [1.807, 2.05) is 60.7 Å². The highest BCUT2D eigenvalue weighted by molar-refractivity contribution is 8.15. The molecule has 3 aromatic carbocycles. The molecular formula is C28H28ClNO3S2. The van der Waals surface area contributed by atoms with Crippen LogP contribution in [-0.2, 0) is 4.79 Å². The Balaban J connectivity index is 1.47. The third kappa shape index (κ3) is 9.92. The van der Waals surface area contributed by atoms with Crippen LogP contribution in [0.2, 0.25) is 5.02 Å². The second-order valence-corrected chi connectivity index (χ2v) is 10.8. The maximum atomic E-state index is 12.8. The first-order valence-electron chi connectivity index (χ1n) is 11.5. The van der Waals surface area contributed by atoms with Crippen molar-refractivity contribution in [3.63, 3.8) is 0 Å². The summed E-state index contributed by atoms with van der Waals surface area (Å²) in [7, 11) is 0. The first-order valence-corrected chi connectivity index (χ1v) is 13.8. The number of unbranched alkanes of at least 4 members (excludes halogenated alkanes) is 1. The number of nitrogens with one attached hydrogen (secondary N) is 1. The molecule has 0 saturated carbocycles. The van der Waals surface area contributed by atoms with E-state index in [2.05, 4.69) is 5.32 Å². The number of carbonyl (C=O) groups excluding carboxylic acids is 3. The Morgan fingerprint density at radius 3 is 2.09 bits per heavy atom.